The van der Waals surface area contributed by atoms with Gasteiger partial charge in [-0.15, -0.1) is 0 Å². The van der Waals surface area contributed by atoms with Gasteiger partial charge in [0, 0.05) is 6.42 Å². The summed E-state index contributed by atoms with van der Waals surface area (Å²) in [5, 5.41) is 3.20. The van der Waals surface area contributed by atoms with Crippen LogP contribution >= 0.6 is 0 Å². The number of aryl methyl sites for hydroxylation is 1. The summed E-state index contributed by atoms with van der Waals surface area (Å²) in [6.45, 7) is 5.05. The molecule has 1 aromatic heterocycles. The molecule has 1 heterocycles. The third-order valence-corrected chi connectivity index (χ3v) is 2.75. The number of rotatable bonds is 6. The molecule has 0 radical (unpaired) electrons. The van der Waals surface area contributed by atoms with Crippen LogP contribution < -0.4 is 15.8 Å². The van der Waals surface area contributed by atoms with E-state index in [9.17, 15) is 0 Å². The molecule has 0 saturated heterocycles. The number of benzene rings is 1. The molecule has 0 aliphatic carbocycles. The molecule has 2 rings (SSSR count). The topological polar surface area (TPSA) is 73.3 Å². The number of nitrogens with two attached hydrogens (primary N) is 1. The summed E-state index contributed by atoms with van der Waals surface area (Å²) in [5.74, 6) is 2.22. The molecular weight excluding hydrogens is 242 g/mol. The summed E-state index contributed by atoms with van der Waals surface area (Å²) in [7, 11) is 0. The Hall–Kier alpha value is -2.17. The number of oxazole rings is 1. The highest BCUT2D eigenvalue weighted by atomic mass is 16.5. The molecule has 2 aromatic rings. The molecule has 1 aromatic carbocycles. The lowest BCUT2D eigenvalue weighted by molar-refractivity contribution is 0.342. The smallest absolute Gasteiger partial charge is 0.213 e. The highest BCUT2D eigenvalue weighted by Gasteiger charge is 2.07. The van der Waals surface area contributed by atoms with Crippen molar-refractivity contribution in [1.82, 2.24) is 4.98 Å². The maximum absolute atomic E-state index is 6.03. The van der Waals surface area contributed by atoms with Gasteiger partial charge < -0.3 is 20.2 Å². The number of hydrogen-bond donors (Lipinski definition) is 2. The lowest BCUT2D eigenvalue weighted by Gasteiger charge is -2.12. The van der Waals surface area contributed by atoms with E-state index in [2.05, 4.69) is 10.3 Å². The summed E-state index contributed by atoms with van der Waals surface area (Å²) in [6, 6.07) is 5.66. The first kappa shape index (κ1) is 13.3. The number of para-hydroxylation sites is 1. The van der Waals surface area contributed by atoms with E-state index in [1.165, 1.54) is 0 Å². The monoisotopic (exact) mass is 261 g/mol. The zero-order valence-corrected chi connectivity index (χ0v) is 11.3. The molecule has 0 saturated carbocycles. The molecular formula is C14H19N3O2. The maximum Gasteiger partial charge on any atom is 0.213 e. The minimum Gasteiger partial charge on any atom is -0.492 e. The summed E-state index contributed by atoms with van der Waals surface area (Å²) in [6.07, 6.45) is 2.59. The molecule has 0 amide bonds. The Morgan fingerprint density at radius 2 is 2.21 bits per heavy atom. The maximum atomic E-state index is 6.03. The minimum absolute atomic E-state index is 0.500. The van der Waals surface area contributed by atoms with Crippen LogP contribution in [0.5, 0.6) is 5.75 Å². The van der Waals surface area contributed by atoms with Crippen LogP contribution in [0.15, 0.2) is 28.8 Å². The van der Waals surface area contributed by atoms with Gasteiger partial charge >= 0.3 is 0 Å². The number of nitrogen functional groups attached to an aromatic ring is 1. The molecule has 0 fully saturated rings. The van der Waals surface area contributed by atoms with Crippen molar-refractivity contribution in [3.8, 4) is 5.75 Å². The Kier molecular flexibility index (Phi) is 4.28. The van der Waals surface area contributed by atoms with Crippen molar-refractivity contribution in [2.75, 3.05) is 17.7 Å². The van der Waals surface area contributed by atoms with Gasteiger partial charge in [-0.25, -0.2) is 4.98 Å². The van der Waals surface area contributed by atoms with Gasteiger partial charge in [-0.3, -0.25) is 0 Å². The molecule has 3 N–H and O–H groups in total. The van der Waals surface area contributed by atoms with Gasteiger partial charge in [0.15, 0.2) is 0 Å². The third-order valence-electron chi connectivity index (χ3n) is 2.75. The van der Waals surface area contributed by atoms with Gasteiger partial charge in [-0.2, -0.15) is 0 Å². The molecule has 102 valence electrons. The Labute approximate surface area is 112 Å². The second-order valence-electron chi connectivity index (χ2n) is 4.08. The van der Waals surface area contributed by atoms with Gasteiger partial charge in [0.05, 0.1) is 30.7 Å². The first-order valence-electron chi connectivity index (χ1n) is 6.43. The van der Waals surface area contributed by atoms with Crippen LogP contribution in [0, 0.1) is 0 Å². The lowest BCUT2D eigenvalue weighted by Crippen LogP contribution is -2.04. The van der Waals surface area contributed by atoms with E-state index >= 15 is 0 Å². The van der Waals surface area contributed by atoms with E-state index in [0.717, 1.165) is 17.9 Å². The summed E-state index contributed by atoms with van der Waals surface area (Å²) in [4.78, 5) is 4.19. The predicted octanol–water partition coefficient (Wildman–Crippen LogP) is 2.83. The zero-order chi connectivity index (χ0) is 13.7. The minimum atomic E-state index is 0.500. The third kappa shape index (κ3) is 3.19. The number of anilines is 2. The lowest BCUT2D eigenvalue weighted by atomic mass is 10.2. The Balaban J connectivity index is 2.04. The Morgan fingerprint density at radius 3 is 2.89 bits per heavy atom. The van der Waals surface area contributed by atoms with Gasteiger partial charge in [0.25, 0.3) is 0 Å². The Bertz CT molecular complexity index is 537. The first-order chi connectivity index (χ1) is 9.24. The average molecular weight is 261 g/mol. The standard InChI is InChI=1S/C14H19N3O2/c1-3-10-8-17-13(19-10)9-16-11-6-5-7-12(14(11)15)18-4-2/h5-8,16H,3-4,9,15H2,1-2H3. The molecule has 0 aliphatic heterocycles. The quantitative estimate of drug-likeness (QED) is 0.782. The van der Waals surface area contributed by atoms with Crippen LogP contribution in [0.1, 0.15) is 25.5 Å². The van der Waals surface area contributed by atoms with E-state index in [-0.39, 0.29) is 0 Å². The van der Waals surface area contributed by atoms with E-state index in [0.29, 0.717) is 30.5 Å². The normalized spacial score (nSPS) is 10.4. The second kappa shape index (κ2) is 6.13. The van der Waals surface area contributed by atoms with Crippen molar-refractivity contribution in [1.29, 1.82) is 0 Å². The zero-order valence-electron chi connectivity index (χ0n) is 11.3. The van der Waals surface area contributed by atoms with Crippen molar-refractivity contribution in [3.63, 3.8) is 0 Å². The number of nitrogens with one attached hydrogen (secondary N) is 1. The Morgan fingerprint density at radius 1 is 1.37 bits per heavy atom. The van der Waals surface area contributed by atoms with E-state index in [1.807, 2.05) is 32.0 Å². The summed E-state index contributed by atoms with van der Waals surface area (Å²) < 4.78 is 11.0. The van der Waals surface area contributed by atoms with Crippen LogP contribution in [0.4, 0.5) is 11.4 Å². The van der Waals surface area contributed by atoms with Crippen LogP contribution in [-0.2, 0) is 13.0 Å². The fraction of sp³-hybridized carbons (Fsp3) is 0.357. The molecule has 0 bridgehead atoms. The molecule has 0 spiro atoms. The van der Waals surface area contributed by atoms with E-state index < -0.39 is 0 Å². The fourth-order valence-electron chi connectivity index (χ4n) is 1.74. The molecule has 0 aliphatic rings. The van der Waals surface area contributed by atoms with Crippen molar-refractivity contribution in [2.24, 2.45) is 0 Å². The van der Waals surface area contributed by atoms with Crippen molar-refractivity contribution >= 4 is 11.4 Å². The fourth-order valence-corrected chi connectivity index (χ4v) is 1.74. The second-order valence-corrected chi connectivity index (χ2v) is 4.08. The molecule has 19 heavy (non-hydrogen) atoms. The summed E-state index contributed by atoms with van der Waals surface area (Å²) in [5.41, 5.74) is 7.45. The van der Waals surface area contributed by atoms with Crippen molar-refractivity contribution in [2.45, 2.75) is 26.8 Å². The van der Waals surface area contributed by atoms with Gasteiger partial charge in [0.1, 0.15) is 11.5 Å². The summed E-state index contributed by atoms with van der Waals surface area (Å²) >= 11 is 0. The van der Waals surface area contributed by atoms with Gasteiger partial charge in [0.2, 0.25) is 5.89 Å². The van der Waals surface area contributed by atoms with E-state index in [1.54, 1.807) is 6.20 Å². The molecule has 5 nitrogen and oxygen atoms in total. The van der Waals surface area contributed by atoms with Crippen molar-refractivity contribution in [3.05, 3.63) is 36.0 Å². The highest BCUT2D eigenvalue weighted by Crippen LogP contribution is 2.29. The highest BCUT2D eigenvalue weighted by molar-refractivity contribution is 5.72. The molecule has 5 heteroatoms. The van der Waals surface area contributed by atoms with Crippen LogP contribution in [0.25, 0.3) is 0 Å². The van der Waals surface area contributed by atoms with Crippen molar-refractivity contribution < 1.29 is 9.15 Å². The molecule has 0 unspecified atom stereocenters. The number of aromatic nitrogens is 1. The van der Waals surface area contributed by atoms with Gasteiger partial charge in [-0.1, -0.05) is 13.0 Å². The molecule has 0 atom stereocenters. The van der Waals surface area contributed by atoms with Gasteiger partial charge in [-0.05, 0) is 19.1 Å². The van der Waals surface area contributed by atoms with Crippen LogP contribution in [-0.4, -0.2) is 11.6 Å². The number of hydrogen-bond acceptors (Lipinski definition) is 5. The number of ether oxygens (including phenoxy) is 1. The van der Waals surface area contributed by atoms with E-state index in [4.69, 9.17) is 14.9 Å². The first-order valence-corrected chi connectivity index (χ1v) is 6.43. The number of nitrogens with zero attached hydrogens (tertiary/aromatic N) is 1. The van der Waals surface area contributed by atoms with Crippen LogP contribution in [0.3, 0.4) is 0 Å². The predicted molar refractivity (Wildman–Crippen MR) is 75.2 cm³/mol. The SMILES string of the molecule is CCOc1cccc(NCc2ncc(CC)o2)c1N. The average Bonchev–Trinajstić information content (AvgIpc) is 2.88. The largest absolute Gasteiger partial charge is 0.492 e. The van der Waals surface area contributed by atoms with Crippen LogP contribution in [0.2, 0.25) is 0 Å².